The van der Waals surface area contributed by atoms with E-state index < -0.39 is 0 Å². The maximum absolute atomic E-state index is 13.0. The summed E-state index contributed by atoms with van der Waals surface area (Å²) in [5, 5.41) is 5.81. The summed E-state index contributed by atoms with van der Waals surface area (Å²) in [5.74, 6) is 0.0135. The summed E-state index contributed by atoms with van der Waals surface area (Å²) in [5.41, 5.74) is 1.71. The van der Waals surface area contributed by atoms with Crippen LogP contribution in [0.5, 0.6) is 0 Å². The third kappa shape index (κ3) is 4.52. The molecule has 3 nitrogen and oxygen atoms in total. The summed E-state index contributed by atoms with van der Waals surface area (Å²) in [6.07, 6.45) is 0.765. The van der Waals surface area contributed by atoms with Crippen LogP contribution in [0, 0.1) is 11.7 Å². The van der Waals surface area contributed by atoms with Gasteiger partial charge in [0.15, 0.2) is 0 Å². The van der Waals surface area contributed by atoms with E-state index in [-0.39, 0.29) is 11.7 Å². The first-order valence-electron chi connectivity index (χ1n) is 8.09. The Morgan fingerprint density at radius 1 is 1.24 bits per heavy atom. The molecule has 1 amide bonds. The first-order chi connectivity index (χ1) is 12.0. The molecule has 1 aromatic carbocycles. The Bertz CT molecular complexity index is 839. The highest BCUT2D eigenvalue weighted by Crippen LogP contribution is 2.32. The van der Waals surface area contributed by atoms with Gasteiger partial charge in [-0.3, -0.25) is 4.79 Å². The molecule has 1 N–H and O–H groups in total. The van der Waals surface area contributed by atoms with E-state index in [1.54, 1.807) is 23.5 Å². The minimum atomic E-state index is -0.280. The van der Waals surface area contributed by atoms with Crippen LogP contribution in [0.25, 0.3) is 9.88 Å². The Morgan fingerprint density at radius 2 is 2.00 bits per heavy atom. The van der Waals surface area contributed by atoms with Gasteiger partial charge in [-0.2, -0.15) is 0 Å². The molecule has 25 heavy (non-hydrogen) atoms. The molecule has 0 saturated heterocycles. The van der Waals surface area contributed by atoms with E-state index in [4.69, 9.17) is 4.98 Å². The molecule has 3 aromatic rings. The number of thiazole rings is 1. The van der Waals surface area contributed by atoms with Gasteiger partial charge in [0.1, 0.15) is 15.7 Å². The van der Waals surface area contributed by atoms with E-state index in [0.29, 0.717) is 17.3 Å². The van der Waals surface area contributed by atoms with Crippen LogP contribution < -0.4 is 5.32 Å². The number of nitrogens with one attached hydrogen (secondary N) is 1. The molecule has 2 heterocycles. The van der Waals surface area contributed by atoms with Crippen molar-refractivity contribution in [2.24, 2.45) is 5.92 Å². The van der Waals surface area contributed by atoms with E-state index in [9.17, 15) is 9.18 Å². The van der Waals surface area contributed by atoms with Crippen molar-refractivity contribution < 1.29 is 9.18 Å². The Labute approximate surface area is 154 Å². The van der Waals surface area contributed by atoms with Crippen molar-refractivity contribution in [1.82, 2.24) is 10.3 Å². The summed E-state index contributed by atoms with van der Waals surface area (Å²) in [4.78, 5) is 19.1. The van der Waals surface area contributed by atoms with Gasteiger partial charge in [-0.1, -0.05) is 32.0 Å². The number of aromatic nitrogens is 1. The molecule has 0 unspecified atom stereocenters. The van der Waals surface area contributed by atoms with Crippen LogP contribution in [0.4, 0.5) is 4.39 Å². The number of benzene rings is 1. The van der Waals surface area contributed by atoms with Crippen LogP contribution in [0.2, 0.25) is 0 Å². The number of halogens is 1. The molecule has 0 atom stereocenters. The average molecular weight is 375 g/mol. The molecule has 0 aliphatic carbocycles. The van der Waals surface area contributed by atoms with Gasteiger partial charge in [0, 0.05) is 6.54 Å². The number of hydrogen-bond donors (Lipinski definition) is 1. The number of carbonyl (C=O) groups is 1. The van der Waals surface area contributed by atoms with Gasteiger partial charge in [0.25, 0.3) is 5.91 Å². The number of carbonyl (C=O) groups excluding carboxylic acids is 1. The first-order valence-corrected chi connectivity index (χ1v) is 9.78. The molecule has 0 radical (unpaired) electrons. The van der Waals surface area contributed by atoms with Crippen LogP contribution >= 0.6 is 22.7 Å². The topological polar surface area (TPSA) is 42.0 Å². The maximum atomic E-state index is 13.0. The highest BCUT2D eigenvalue weighted by Gasteiger charge is 2.20. The molecular weight excluding hydrogens is 355 g/mol. The molecule has 0 aliphatic heterocycles. The highest BCUT2D eigenvalue weighted by atomic mass is 32.1. The predicted octanol–water partition coefficient (Wildman–Crippen LogP) is 5.14. The lowest BCUT2D eigenvalue weighted by Crippen LogP contribution is -2.23. The SMILES string of the molecule is CC(C)Cc1nc(-c2cccs2)sc1C(=O)NCc1ccc(F)cc1. The molecule has 0 bridgehead atoms. The lowest BCUT2D eigenvalue weighted by atomic mass is 10.1. The lowest BCUT2D eigenvalue weighted by molar-refractivity contribution is 0.0953. The largest absolute Gasteiger partial charge is 0.347 e. The first kappa shape index (κ1) is 17.8. The molecule has 0 spiro atoms. The summed E-state index contributed by atoms with van der Waals surface area (Å²) in [6.45, 7) is 4.60. The molecule has 0 fully saturated rings. The fraction of sp³-hybridized carbons (Fsp3) is 0.263. The smallest absolute Gasteiger partial charge is 0.263 e. The van der Waals surface area contributed by atoms with E-state index in [1.807, 2.05) is 17.5 Å². The second-order valence-electron chi connectivity index (χ2n) is 6.18. The molecule has 6 heteroatoms. The molecular formula is C19H19FN2OS2. The molecule has 130 valence electrons. The van der Waals surface area contributed by atoms with Crippen molar-refractivity contribution >= 4 is 28.6 Å². The fourth-order valence-corrected chi connectivity index (χ4v) is 4.23. The predicted molar refractivity (Wildman–Crippen MR) is 102 cm³/mol. The summed E-state index contributed by atoms with van der Waals surface area (Å²) in [6, 6.07) is 10.1. The second kappa shape index (κ2) is 7.89. The van der Waals surface area contributed by atoms with Gasteiger partial charge in [0.05, 0.1) is 10.6 Å². The van der Waals surface area contributed by atoms with Crippen molar-refractivity contribution in [2.75, 3.05) is 0 Å². The van der Waals surface area contributed by atoms with Gasteiger partial charge in [0.2, 0.25) is 0 Å². The van der Waals surface area contributed by atoms with Gasteiger partial charge in [-0.15, -0.1) is 22.7 Å². The molecule has 0 aliphatic rings. The van der Waals surface area contributed by atoms with Crippen LogP contribution in [0.3, 0.4) is 0 Å². The van der Waals surface area contributed by atoms with Gasteiger partial charge >= 0.3 is 0 Å². The third-order valence-electron chi connectivity index (χ3n) is 3.60. The standard InChI is InChI=1S/C19H19FN2OS2/c1-12(2)10-15-17(25-19(22-15)16-4-3-9-24-16)18(23)21-11-13-5-7-14(20)8-6-13/h3-9,12H,10-11H2,1-2H3,(H,21,23). The van der Waals surface area contributed by atoms with Crippen LogP contribution in [0.1, 0.15) is 34.8 Å². The minimum absolute atomic E-state index is 0.125. The second-order valence-corrected chi connectivity index (χ2v) is 8.13. The van der Waals surface area contributed by atoms with Crippen LogP contribution in [-0.4, -0.2) is 10.9 Å². The van der Waals surface area contributed by atoms with E-state index in [1.165, 1.54) is 23.5 Å². The number of thiophene rings is 1. The van der Waals surface area contributed by atoms with Gasteiger partial charge in [-0.05, 0) is 41.5 Å². The van der Waals surface area contributed by atoms with Crippen LogP contribution in [0.15, 0.2) is 41.8 Å². The van der Waals surface area contributed by atoms with Gasteiger partial charge in [-0.25, -0.2) is 9.37 Å². The molecule has 3 rings (SSSR count). The minimum Gasteiger partial charge on any atom is -0.347 e. The summed E-state index contributed by atoms with van der Waals surface area (Å²) in [7, 11) is 0. The maximum Gasteiger partial charge on any atom is 0.263 e. The Kier molecular flexibility index (Phi) is 5.60. The van der Waals surface area contributed by atoms with E-state index in [0.717, 1.165) is 27.6 Å². The zero-order chi connectivity index (χ0) is 17.8. The zero-order valence-corrected chi connectivity index (χ0v) is 15.7. The van der Waals surface area contributed by atoms with Crippen molar-refractivity contribution in [3.05, 3.63) is 63.7 Å². The van der Waals surface area contributed by atoms with Crippen molar-refractivity contribution in [3.63, 3.8) is 0 Å². The normalized spacial score (nSPS) is 11.0. The van der Waals surface area contributed by atoms with E-state index in [2.05, 4.69) is 19.2 Å². The Hall–Kier alpha value is -2.05. The van der Waals surface area contributed by atoms with Crippen molar-refractivity contribution in [3.8, 4) is 9.88 Å². The summed E-state index contributed by atoms with van der Waals surface area (Å²) < 4.78 is 13.0. The number of rotatable bonds is 6. The Morgan fingerprint density at radius 3 is 2.64 bits per heavy atom. The lowest BCUT2D eigenvalue weighted by Gasteiger charge is -2.07. The average Bonchev–Trinajstić information content (AvgIpc) is 3.23. The van der Waals surface area contributed by atoms with Crippen molar-refractivity contribution in [1.29, 1.82) is 0 Å². The fourth-order valence-electron chi connectivity index (χ4n) is 2.42. The van der Waals surface area contributed by atoms with Crippen molar-refractivity contribution in [2.45, 2.75) is 26.8 Å². The van der Waals surface area contributed by atoms with Gasteiger partial charge < -0.3 is 5.32 Å². The molecule has 0 saturated carbocycles. The quantitative estimate of drug-likeness (QED) is 0.649. The Balaban J connectivity index is 1.78. The summed E-state index contributed by atoms with van der Waals surface area (Å²) >= 11 is 3.05. The molecule has 2 aromatic heterocycles. The third-order valence-corrected chi connectivity index (χ3v) is 5.74. The number of hydrogen-bond acceptors (Lipinski definition) is 4. The van der Waals surface area contributed by atoms with E-state index >= 15 is 0 Å². The van der Waals surface area contributed by atoms with Crippen LogP contribution in [-0.2, 0) is 13.0 Å². The highest BCUT2D eigenvalue weighted by molar-refractivity contribution is 7.22. The number of nitrogens with zero attached hydrogens (tertiary/aromatic N) is 1. The number of amides is 1. The monoisotopic (exact) mass is 374 g/mol. The zero-order valence-electron chi connectivity index (χ0n) is 14.1.